The van der Waals surface area contributed by atoms with Gasteiger partial charge < -0.3 is 9.38 Å². The molecule has 5 nitrogen and oxygen atoms in total. The number of nitrogens with one attached hydrogen (secondary N) is 1. The molecule has 7 heteroatoms. The van der Waals surface area contributed by atoms with E-state index in [-0.39, 0.29) is 5.56 Å². The normalized spacial score (nSPS) is 17.0. The molecule has 0 aromatic carbocycles. The summed E-state index contributed by atoms with van der Waals surface area (Å²) in [4.78, 5) is 27.2. The average Bonchev–Trinajstić information content (AvgIpc) is 3.19. The standard InChI is InChI=1S/C19H18N4OS2/c1-11-5-6-13-14(8-11)26-18-16(13)17(24)21-19(22-18)25-10-12-9-23-7-3-2-4-15(23)20-12/h2-4,7,9,11H,5-6,8,10H2,1H3,(H,21,22,24)/t11-/m0/s1. The third kappa shape index (κ3) is 2.75. The largest absolute Gasteiger partial charge is 0.307 e. The van der Waals surface area contributed by atoms with Gasteiger partial charge in [-0.15, -0.1) is 11.3 Å². The summed E-state index contributed by atoms with van der Waals surface area (Å²) >= 11 is 3.22. The fraction of sp³-hybridized carbons (Fsp3) is 0.316. The number of pyridine rings is 1. The van der Waals surface area contributed by atoms with Crippen molar-refractivity contribution in [2.75, 3.05) is 0 Å². The highest BCUT2D eigenvalue weighted by molar-refractivity contribution is 7.98. The third-order valence-electron chi connectivity index (χ3n) is 4.91. The second kappa shape index (κ2) is 6.25. The molecule has 0 fully saturated rings. The minimum absolute atomic E-state index is 0.000413. The van der Waals surface area contributed by atoms with Crippen LogP contribution < -0.4 is 5.56 Å². The summed E-state index contributed by atoms with van der Waals surface area (Å²) in [5.74, 6) is 1.37. The zero-order valence-corrected chi connectivity index (χ0v) is 16.0. The second-order valence-electron chi connectivity index (χ2n) is 6.89. The molecule has 0 saturated carbocycles. The van der Waals surface area contributed by atoms with Gasteiger partial charge in [-0.3, -0.25) is 4.79 Å². The first-order chi connectivity index (χ1) is 12.7. The van der Waals surface area contributed by atoms with Gasteiger partial charge in [0, 0.05) is 23.0 Å². The summed E-state index contributed by atoms with van der Waals surface area (Å²) in [6.45, 7) is 2.28. The van der Waals surface area contributed by atoms with Gasteiger partial charge in [-0.2, -0.15) is 0 Å². The van der Waals surface area contributed by atoms with Crippen molar-refractivity contribution in [2.24, 2.45) is 5.92 Å². The van der Waals surface area contributed by atoms with Gasteiger partial charge in [0.2, 0.25) is 0 Å². The van der Waals surface area contributed by atoms with Gasteiger partial charge in [0.25, 0.3) is 5.56 Å². The smallest absolute Gasteiger partial charge is 0.260 e. The summed E-state index contributed by atoms with van der Waals surface area (Å²) in [7, 11) is 0. The number of hydrogen-bond donors (Lipinski definition) is 1. The SMILES string of the molecule is C[C@H]1CCc2c(sc3nc(SCc4cn5ccccc5n4)[nH]c(=O)c23)C1. The maximum Gasteiger partial charge on any atom is 0.260 e. The lowest BCUT2D eigenvalue weighted by Gasteiger charge is -2.17. The summed E-state index contributed by atoms with van der Waals surface area (Å²) in [5.41, 5.74) is 3.14. The maximum absolute atomic E-state index is 12.6. The highest BCUT2D eigenvalue weighted by atomic mass is 32.2. The van der Waals surface area contributed by atoms with Crippen LogP contribution in [0.4, 0.5) is 0 Å². The Kier molecular flexibility index (Phi) is 3.86. The predicted octanol–water partition coefficient (Wildman–Crippen LogP) is 4.05. The van der Waals surface area contributed by atoms with E-state index in [9.17, 15) is 4.79 Å². The quantitative estimate of drug-likeness (QED) is 0.429. The highest BCUT2D eigenvalue weighted by Crippen LogP contribution is 2.36. The van der Waals surface area contributed by atoms with E-state index in [0.717, 1.165) is 40.8 Å². The van der Waals surface area contributed by atoms with E-state index in [2.05, 4.69) is 16.9 Å². The van der Waals surface area contributed by atoms with Gasteiger partial charge in [0.05, 0.1) is 11.1 Å². The van der Waals surface area contributed by atoms with E-state index >= 15 is 0 Å². The molecule has 0 unspecified atom stereocenters. The zero-order valence-electron chi connectivity index (χ0n) is 14.4. The van der Waals surface area contributed by atoms with E-state index in [0.29, 0.717) is 16.8 Å². The van der Waals surface area contributed by atoms with Gasteiger partial charge in [0.15, 0.2) is 5.16 Å². The number of hydrogen-bond acceptors (Lipinski definition) is 5. The first-order valence-electron chi connectivity index (χ1n) is 8.77. The van der Waals surface area contributed by atoms with E-state index < -0.39 is 0 Å². The molecular weight excluding hydrogens is 364 g/mol. The van der Waals surface area contributed by atoms with E-state index in [1.165, 1.54) is 22.2 Å². The molecule has 0 spiro atoms. The molecule has 0 saturated heterocycles. The van der Waals surface area contributed by atoms with Crippen LogP contribution in [0.1, 0.15) is 29.5 Å². The Morgan fingerprint density at radius 3 is 3.19 bits per heavy atom. The first kappa shape index (κ1) is 16.1. The molecule has 4 heterocycles. The van der Waals surface area contributed by atoms with E-state index in [4.69, 9.17) is 4.98 Å². The minimum Gasteiger partial charge on any atom is -0.307 e. The van der Waals surface area contributed by atoms with Crippen molar-refractivity contribution in [3.63, 3.8) is 0 Å². The summed E-state index contributed by atoms with van der Waals surface area (Å²) in [6, 6.07) is 5.95. The summed E-state index contributed by atoms with van der Waals surface area (Å²) in [6.07, 6.45) is 7.22. The van der Waals surface area contributed by atoms with Crippen LogP contribution in [0.25, 0.3) is 15.9 Å². The lowest BCUT2D eigenvalue weighted by molar-refractivity contribution is 0.509. The van der Waals surface area contributed by atoms with E-state index in [1.54, 1.807) is 11.3 Å². The minimum atomic E-state index is -0.000413. The van der Waals surface area contributed by atoms with Crippen molar-refractivity contribution in [2.45, 2.75) is 37.1 Å². The van der Waals surface area contributed by atoms with Gasteiger partial charge in [-0.05, 0) is 42.9 Å². The molecule has 0 radical (unpaired) electrons. The Labute approximate surface area is 158 Å². The Morgan fingerprint density at radius 1 is 1.38 bits per heavy atom. The van der Waals surface area contributed by atoms with Crippen LogP contribution in [0.5, 0.6) is 0 Å². The van der Waals surface area contributed by atoms with Crippen LogP contribution in [0, 0.1) is 5.92 Å². The lowest BCUT2D eigenvalue weighted by atomic mass is 9.89. The molecule has 1 aliphatic carbocycles. The molecule has 4 aromatic rings. The third-order valence-corrected chi connectivity index (χ3v) is 6.97. The molecule has 1 N–H and O–H groups in total. The molecule has 0 amide bonds. The van der Waals surface area contributed by atoms with Crippen molar-refractivity contribution in [1.82, 2.24) is 19.4 Å². The van der Waals surface area contributed by atoms with Crippen LogP contribution in [0.2, 0.25) is 0 Å². The molecule has 0 bridgehead atoms. The molecule has 5 rings (SSSR count). The zero-order chi connectivity index (χ0) is 17.7. The number of rotatable bonds is 3. The number of nitrogens with zero attached hydrogens (tertiary/aromatic N) is 3. The number of thiophene rings is 1. The molecule has 4 aromatic heterocycles. The molecule has 132 valence electrons. The van der Waals surface area contributed by atoms with Crippen LogP contribution in [-0.2, 0) is 18.6 Å². The number of aryl methyl sites for hydroxylation is 1. The molecule has 26 heavy (non-hydrogen) atoms. The number of aromatic nitrogens is 4. The Balaban J connectivity index is 1.45. The predicted molar refractivity (Wildman–Crippen MR) is 106 cm³/mol. The molecule has 0 aliphatic heterocycles. The first-order valence-corrected chi connectivity index (χ1v) is 10.6. The molecule has 1 atom stereocenters. The Morgan fingerprint density at radius 2 is 2.31 bits per heavy atom. The van der Waals surface area contributed by atoms with Crippen molar-refractivity contribution in [3.8, 4) is 0 Å². The van der Waals surface area contributed by atoms with Crippen molar-refractivity contribution < 1.29 is 0 Å². The lowest BCUT2D eigenvalue weighted by Crippen LogP contribution is -2.13. The summed E-state index contributed by atoms with van der Waals surface area (Å²) < 4.78 is 2.00. The van der Waals surface area contributed by atoms with Crippen LogP contribution in [0.15, 0.2) is 40.5 Å². The Bertz CT molecular complexity index is 1140. The van der Waals surface area contributed by atoms with Gasteiger partial charge in [-0.1, -0.05) is 24.8 Å². The number of thioether (sulfide) groups is 1. The fourth-order valence-corrected chi connectivity index (χ4v) is 5.78. The average molecular weight is 383 g/mol. The maximum atomic E-state index is 12.6. The molecular formula is C19H18N4OS2. The fourth-order valence-electron chi connectivity index (χ4n) is 3.60. The summed E-state index contributed by atoms with van der Waals surface area (Å²) in [5, 5.41) is 1.49. The van der Waals surface area contributed by atoms with Crippen molar-refractivity contribution >= 4 is 39.0 Å². The van der Waals surface area contributed by atoms with Crippen molar-refractivity contribution in [3.05, 3.63) is 57.1 Å². The van der Waals surface area contributed by atoms with Gasteiger partial charge in [-0.25, -0.2) is 9.97 Å². The molecule has 1 aliphatic rings. The van der Waals surface area contributed by atoms with Crippen molar-refractivity contribution in [1.29, 1.82) is 0 Å². The monoisotopic (exact) mass is 382 g/mol. The highest BCUT2D eigenvalue weighted by Gasteiger charge is 2.23. The number of H-pyrrole nitrogens is 1. The topological polar surface area (TPSA) is 63.1 Å². The second-order valence-corrected chi connectivity index (χ2v) is 8.94. The number of fused-ring (bicyclic) bond motifs is 4. The van der Waals surface area contributed by atoms with Crippen LogP contribution in [0.3, 0.4) is 0 Å². The Hall–Kier alpha value is -2.12. The van der Waals surface area contributed by atoms with Crippen LogP contribution in [-0.4, -0.2) is 19.4 Å². The number of aromatic amines is 1. The van der Waals surface area contributed by atoms with Gasteiger partial charge >= 0.3 is 0 Å². The van der Waals surface area contributed by atoms with Crippen LogP contribution >= 0.6 is 23.1 Å². The van der Waals surface area contributed by atoms with Gasteiger partial charge in [0.1, 0.15) is 10.5 Å². The number of imidazole rings is 1. The van der Waals surface area contributed by atoms with E-state index in [1.807, 2.05) is 35.0 Å².